The number of nitrogens with two attached hydrogens (primary N) is 1. The van der Waals surface area contributed by atoms with Crippen LogP contribution in [0.1, 0.15) is 5.56 Å². The molecule has 0 fully saturated rings. The number of benzene rings is 2. The Balaban J connectivity index is 2.03. The van der Waals surface area contributed by atoms with Crippen molar-refractivity contribution in [1.82, 2.24) is 4.57 Å². The van der Waals surface area contributed by atoms with Gasteiger partial charge in [0.05, 0.1) is 13.7 Å². The van der Waals surface area contributed by atoms with E-state index in [2.05, 4.69) is 35.0 Å². The summed E-state index contributed by atoms with van der Waals surface area (Å²) in [5.41, 5.74) is 8.92. The molecule has 0 atom stereocenters. The van der Waals surface area contributed by atoms with Crippen LogP contribution in [0.15, 0.2) is 54.7 Å². The van der Waals surface area contributed by atoms with Crippen LogP contribution in [-0.2, 0) is 6.54 Å². The first-order valence-corrected chi connectivity index (χ1v) is 6.24. The van der Waals surface area contributed by atoms with E-state index < -0.39 is 0 Å². The first-order valence-electron chi connectivity index (χ1n) is 6.24. The average molecular weight is 252 g/mol. The van der Waals surface area contributed by atoms with Gasteiger partial charge in [-0.3, -0.25) is 0 Å². The van der Waals surface area contributed by atoms with Crippen LogP contribution in [-0.4, -0.2) is 11.7 Å². The summed E-state index contributed by atoms with van der Waals surface area (Å²) < 4.78 is 7.59. The molecular weight excluding hydrogens is 236 g/mol. The molecule has 1 heterocycles. The van der Waals surface area contributed by atoms with Crippen LogP contribution in [0.3, 0.4) is 0 Å². The van der Waals surface area contributed by atoms with Gasteiger partial charge in [0.15, 0.2) is 0 Å². The molecule has 0 radical (unpaired) electrons. The summed E-state index contributed by atoms with van der Waals surface area (Å²) >= 11 is 0. The molecule has 19 heavy (non-hydrogen) atoms. The molecule has 0 unspecified atom stereocenters. The van der Waals surface area contributed by atoms with Crippen molar-refractivity contribution in [2.75, 3.05) is 12.8 Å². The Morgan fingerprint density at radius 1 is 1.11 bits per heavy atom. The molecule has 0 bridgehead atoms. The lowest BCUT2D eigenvalue weighted by Crippen LogP contribution is -2.01. The quantitative estimate of drug-likeness (QED) is 0.727. The Morgan fingerprint density at radius 3 is 2.79 bits per heavy atom. The minimum Gasteiger partial charge on any atom is -0.496 e. The third-order valence-corrected chi connectivity index (χ3v) is 3.33. The SMILES string of the molecule is COc1ccc(N)cc1Cn1ccc2ccccc21. The number of para-hydroxylation sites is 1. The second-order valence-corrected chi connectivity index (χ2v) is 4.57. The minimum absolute atomic E-state index is 0.752. The van der Waals surface area contributed by atoms with Crippen LogP contribution < -0.4 is 10.5 Å². The van der Waals surface area contributed by atoms with E-state index in [0.29, 0.717) is 0 Å². The lowest BCUT2D eigenvalue weighted by atomic mass is 10.1. The van der Waals surface area contributed by atoms with E-state index >= 15 is 0 Å². The number of rotatable bonds is 3. The molecule has 0 aliphatic rings. The third kappa shape index (κ3) is 2.15. The molecule has 0 spiro atoms. The average Bonchev–Trinajstić information content (AvgIpc) is 2.83. The van der Waals surface area contributed by atoms with Crippen molar-refractivity contribution in [3.8, 4) is 5.75 Å². The Hall–Kier alpha value is -2.42. The van der Waals surface area contributed by atoms with Gasteiger partial charge in [-0.25, -0.2) is 0 Å². The van der Waals surface area contributed by atoms with Crippen molar-refractivity contribution >= 4 is 16.6 Å². The van der Waals surface area contributed by atoms with E-state index in [4.69, 9.17) is 10.5 Å². The molecule has 96 valence electrons. The lowest BCUT2D eigenvalue weighted by molar-refractivity contribution is 0.408. The second kappa shape index (κ2) is 4.69. The van der Waals surface area contributed by atoms with E-state index in [1.807, 2.05) is 24.3 Å². The van der Waals surface area contributed by atoms with E-state index in [9.17, 15) is 0 Å². The fourth-order valence-electron chi connectivity index (χ4n) is 2.38. The van der Waals surface area contributed by atoms with Crippen LogP contribution in [0.5, 0.6) is 5.75 Å². The van der Waals surface area contributed by atoms with Gasteiger partial charge in [-0.05, 0) is 35.7 Å². The highest BCUT2D eigenvalue weighted by Gasteiger charge is 2.06. The van der Waals surface area contributed by atoms with Gasteiger partial charge >= 0.3 is 0 Å². The first-order chi connectivity index (χ1) is 9.28. The summed E-state index contributed by atoms with van der Waals surface area (Å²) in [7, 11) is 1.68. The van der Waals surface area contributed by atoms with E-state index in [1.165, 1.54) is 10.9 Å². The van der Waals surface area contributed by atoms with Crippen molar-refractivity contribution in [3.63, 3.8) is 0 Å². The number of fused-ring (bicyclic) bond motifs is 1. The molecule has 0 saturated carbocycles. The van der Waals surface area contributed by atoms with Gasteiger partial charge in [0.2, 0.25) is 0 Å². The van der Waals surface area contributed by atoms with E-state index in [0.717, 1.165) is 23.5 Å². The Labute approximate surface area is 112 Å². The third-order valence-electron chi connectivity index (χ3n) is 3.33. The summed E-state index contributed by atoms with van der Waals surface area (Å²) in [4.78, 5) is 0. The fourth-order valence-corrected chi connectivity index (χ4v) is 2.38. The highest BCUT2D eigenvalue weighted by Crippen LogP contribution is 2.24. The molecule has 2 aromatic carbocycles. The lowest BCUT2D eigenvalue weighted by Gasteiger charge is -2.11. The summed E-state index contributed by atoms with van der Waals surface area (Å²) in [6.45, 7) is 0.752. The van der Waals surface area contributed by atoms with Gasteiger partial charge < -0.3 is 15.0 Å². The van der Waals surface area contributed by atoms with E-state index in [1.54, 1.807) is 7.11 Å². The molecule has 0 aliphatic carbocycles. The second-order valence-electron chi connectivity index (χ2n) is 4.57. The molecule has 3 rings (SSSR count). The van der Waals surface area contributed by atoms with Gasteiger partial charge in [-0.1, -0.05) is 18.2 Å². The zero-order valence-electron chi connectivity index (χ0n) is 10.8. The van der Waals surface area contributed by atoms with Crippen molar-refractivity contribution in [2.45, 2.75) is 6.54 Å². The van der Waals surface area contributed by atoms with Crippen LogP contribution >= 0.6 is 0 Å². The maximum Gasteiger partial charge on any atom is 0.124 e. The molecule has 0 aliphatic heterocycles. The predicted molar refractivity (Wildman–Crippen MR) is 78.4 cm³/mol. The number of methoxy groups -OCH3 is 1. The Morgan fingerprint density at radius 2 is 1.95 bits per heavy atom. The van der Waals surface area contributed by atoms with Crippen molar-refractivity contribution in [3.05, 3.63) is 60.3 Å². The van der Waals surface area contributed by atoms with Gasteiger partial charge in [0, 0.05) is 23.0 Å². The summed E-state index contributed by atoms with van der Waals surface area (Å²) in [6, 6.07) is 16.2. The number of hydrogen-bond acceptors (Lipinski definition) is 2. The molecular formula is C16H16N2O. The molecule has 3 nitrogen and oxygen atoms in total. The number of hydrogen-bond donors (Lipinski definition) is 1. The van der Waals surface area contributed by atoms with E-state index in [-0.39, 0.29) is 0 Å². The Kier molecular flexibility index (Phi) is 2.88. The number of nitrogen functional groups attached to an aromatic ring is 1. The van der Waals surface area contributed by atoms with Crippen molar-refractivity contribution < 1.29 is 4.74 Å². The minimum atomic E-state index is 0.752. The van der Waals surface area contributed by atoms with Crippen molar-refractivity contribution in [2.24, 2.45) is 0 Å². The predicted octanol–water partition coefficient (Wildman–Crippen LogP) is 3.28. The van der Waals surface area contributed by atoms with Crippen LogP contribution in [0.2, 0.25) is 0 Å². The zero-order chi connectivity index (χ0) is 13.2. The van der Waals surface area contributed by atoms with Gasteiger partial charge in [0.25, 0.3) is 0 Å². The Bertz CT molecular complexity index is 716. The standard InChI is InChI=1S/C16H16N2O/c1-19-16-7-6-14(17)10-13(16)11-18-9-8-12-4-2-3-5-15(12)18/h2-10H,11,17H2,1H3. The topological polar surface area (TPSA) is 40.2 Å². The molecule has 3 aromatic rings. The number of nitrogens with zero attached hydrogens (tertiary/aromatic N) is 1. The molecule has 0 amide bonds. The number of ether oxygens (including phenoxy) is 1. The van der Waals surface area contributed by atoms with Crippen molar-refractivity contribution in [1.29, 1.82) is 0 Å². The van der Waals surface area contributed by atoms with Crippen LogP contribution in [0.25, 0.3) is 10.9 Å². The largest absolute Gasteiger partial charge is 0.496 e. The fraction of sp³-hybridized carbons (Fsp3) is 0.125. The normalized spacial score (nSPS) is 10.8. The maximum absolute atomic E-state index is 5.86. The van der Waals surface area contributed by atoms with Gasteiger partial charge in [0.1, 0.15) is 5.75 Å². The zero-order valence-corrected chi connectivity index (χ0v) is 10.8. The number of aromatic nitrogens is 1. The number of anilines is 1. The molecule has 1 aromatic heterocycles. The smallest absolute Gasteiger partial charge is 0.124 e. The summed E-state index contributed by atoms with van der Waals surface area (Å²) in [5, 5.41) is 1.24. The van der Waals surface area contributed by atoms with Gasteiger partial charge in [-0.15, -0.1) is 0 Å². The molecule has 3 heteroatoms. The maximum atomic E-state index is 5.86. The van der Waals surface area contributed by atoms with Gasteiger partial charge in [-0.2, -0.15) is 0 Å². The summed E-state index contributed by atoms with van der Waals surface area (Å²) in [5.74, 6) is 0.868. The molecule has 2 N–H and O–H groups in total. The van der Waals surface area contributed by atoms with Crippen LogP contribution in [0, 0.1) is 0 Å². The monoisotopic (exact) mass is 252 g/mol. The summed E-state index contributed by atoms with van der Waals surface area (Å²) in [6.07, 6.45) is 2.09. The molecule has 0 saturated heterocycles. The first kappa shape index (κ1) is 11.7. The highest BCUT2D eigenvalue weighted by atomic mass is 16.5. The van der Waals surface area contributed by atoms with Crippen LogP contribution in [0.4, 0.5) is 5.69 Å². The highest BCUT2D eigenvalue weighted by molar-refractivity contribution is 5.80.